The fourth-order valence-corrected chi connectivity index (χ4v) is 2.82. The summed E-state index contributed by atoms with van der Waals surface area (Å²) in [5.41, 5.74) is 0. The molecule has 1 atom stereocenters. The molecule has 1 unspecified atom stereocenters. The minimum Gasteiger partial charge on any atom is -0.335 e. The zero-order valence-electron chi connectivity index (χ0n) is 12.0. The van der Waals surface area contributed by atoms with Crippen molar-refractivity contribution in [2.75, 3.05) is 13.6 Å². The number of hydrogen-bond acceptors (Lipinski definition) is 3. The molecule has 1 aromatic rings. The van der Waals surface area contributed by atoms with Crippen molar-refractivity contribution in [3.63, 3.8) is 0 Å². The molecule has 0 fully saturated rings. The van der Waals surface area contributed by atoms with Gasteiger partial charge in [0.15, 0.2) is 0 Å². The molecule has 4 heteroatoms. The van der Waals surface area contributed by atoms with Gasteiger partial charge in [-0.25, -0.2) is 0 Å². The van der Waals surface area contributed by atoms with Gasteiger partial charge in [0.05, 0.1) is 6.54 Å². The van der Waals surface area contributed by atoms with Crippen LogP contribution in [0.5, 0.6) is 0 Å². The van der Waals surface area contributed by atoms with E-state index in [1.165, 1.54) is 9.75 Å². The molecule has 0 aliphatic carbocycles. The Morgan fingerprint density at radius 1 is 1.39 bits per heavy atom. The SMILES string of the molecule is CNCC(C)C(=O)N(Cc1ccc(C)s1)C(C)C. The zero-order chi connectivity index (χ0) is 13.7. The van der Waals surface area contributed by atoms with E-state index in [2.05, 4.69) is 38.2 Å². The maximum atomic E-state index is 12.4. The Morgan fingerprint density at radius 2 is 2.06 bits per heavy atom. The molecule has 3 nitrogen and oxygen atoms in total. The molecule has 0 aliphatic heterocycles. The topological polar surface area (TPSA) is 32.3 Å². The van der Waals surface area contributed by atoms with E-state index in [0.29, 0.717) is 0 Å². The van der Waals surface area contributed by atoms with Crippen LogP contribution in [0.2, 0.25) is 0 Å². The van der Waals surface area contributed by atoms with Crippen LogP contribution in [-0.2, 0) is 11.3 Å². The van der Waals surface area contributed by atoms with E-state index >= 15 is 0 Å². The zero-order valence-corrected chi connectivity index (χ0v) is 12.8. The largest absolute Gasteiger partial charge is 0.335 e. The summed E-state index contributed by atoms with van der Waals surface area (Å²) in [7, 11) is 1.88. The van der Waals surface area contributed by atoms with Crippen molar-refractivity contribution in [1.29, 1.82) is 0 Å². The Balaban J connectivity index is 2.73. The molecular weight excluding hydrogens is 244 g/mol. The normalized spacial score (nSPS) is 12.8. The summed E-state index contributed by atoms with van der Waals surface area (Å²) in [5, 5.41) is 3.07. The Bertz CT molecular complexity index is 387. The number of thiophene rings is 1. The predicted molar refractivity (Wildman–Crippen MR) is 77.8 cm³/mol. The third-order valence-corrected chi connectivity index (χ3v) is 3.95. The summed E-state index contributed by atoms with van der Waals surface area (Å²) >= 11 is 1.77. The highest BCUT2D eigenvalue weighted by Gasteiger charge is 2.22. The van der Waals surface area contributed by atoms with Crippen molar-refractivity contribution in [3.05, 3.63) is 21.9 Å². The first-order chi connectivity index (χ1) is 8.45. The monoisotopic (exact) mass is 268 g/mol. The molecule has 0 aromatic carbocycles. The van der Waals surface area contributed by atoms with Crippen LogP contribution < -0.4 is 5.32 Å². The third kappa shape index (κ3) is 4.10. The number of rotatable bonds is 6. The molecule has 0 aliphatic rings. The Labute approximate surface area is 114 Å². The molecule has 1 aromatic heterocycles. The Hall–Kier alpha value is -0.870. The summed E-state index contributed by atoms with van der Waals surface area (Å²) in [4.78, 5) is 16.9. The van der Waals surface area contributed by atoms with Crippen LogP contribution in [-0.4, -0.2) is 30.4 Å². The third-order valence-electron chi connectivity index (χ3n) is 2.96. The van der Waals surface area contributed by atoms with Crippen LogP contribution in [0.25, 0.3) is 0 Å². The van der Waals surface area contributed by atoms with Gasteiger partial charge in [0.2, 0.25) is 5.91 Å². The summed E-state index contributed by atoms with van der Waals surface area (Å²) in [6.07, 6.45) is 0. The first-order valence-corrected chi connectivity index (χ1v) is 7.27. The first kappa shape index (κ1) is 15.2. The molecule has 1 rings (SSSR count). The summed E-state index contributed by atoms with van der Waals surface area (Å²) < 4.78 is 0. The average Bonchev–Trinajstić information content (AvgIpc) is 2.71. The molecule has 0 bridgehead atoms. The highest BCUT2D eigenvalue weighted by Crippen LogP contribution is 2.19. The Kier molecular flexibility index (Phi) is 5.82. The van der Waals surface area contributed by atoms with E-state index in [-0.39, 0.29) is 17.9 Å². The van der Waals surface area contributed by atoms with E-state index in [1.807, 2.05) is 18.9 Å². The van der Waals surface area contributed by atoms with Gasteiger partial charge in [0.1, 0.15) is 0 Å². The molecule has 0 spiro atoms. The van der Waals surface area contributed by atoms with Gasteiger partial charge >= 0.3 is 0 Å². The molecule has 102 valence electrons. The van der Waals surface area contributed by atoms with Crippen molar-refractivity contribution in [3.8, 4) is 0 Å². The first-order valence-electron chi connectivity index (χ1n) is 6.46. The molecule has 0 saturated carbocycles. The fourth-order valence-electron chi connectivity index (χ4n) is 1.93. The molecule has 0 saturated heterocycles. The van der Waals surface area contributed by atoms with Crippen molar-refractivity contribution in [1.82, 2.24) is 10.2 Å². The highest BCUT2D eigenvalue weighted by molar-refractivity contribution is 7.11. The molecule has 1 amide bonds. The fraction of sp³-hybridized carbons (Fsp3) is 0.643. The molecule has 18 heavy (non-hydrogen) atoms. The van der Waals surface area contributed by atoms with Crippen molar-refractivity contribution in [2.45, 2.75) is 40.3 Å². The second kappa shape index (κ2) is 6.90. The highest BCUT2D eigenvalue weighted by atomic mass is 32.1. The van der Waals surface area contributed by atoms with Gasteiger partial charge in [-0.1, -0.05) is 6.92 Å². The summed E-state index contributed by atoms with van der Waals surface area (Å²) in [6, 6.07) is 4.46. The summed E-state index contributed by atoms with van der Waals surface area (Å²) in [5.74, 6) is 0.254. The number of nitrogens with one attached hydrogen (secondary N) is 1. The van der Waals surface area contributed by atoms with Crippen LogP contribution in [0.4, 0.5) is 0 Å². The van der Waals surface area contributed by atoms with E-state index in [9.17, 15) is 4.79 Å². The van der Waals surface area contributed by atoms with Crippen LogP contribution >= 0.6 is 11.3 Å². The second-order valence-corrected chi connectivity index (χ2v) is 6.40. The number of carbonyl (C=O) groups is 1. The minimum absolute atomic E-state index is 0.0264. The van der Waals surface area contributed by atoms with Crippen LogP contribution in [0.1, 0.15) is 30.5 Å². The maximum Gasteiger partial charge on any atom is 0.227 e. The van der Waals surface area contributed by atoms with Crippen LogP contribution in [0, 0.1) is 12.8 Å². The van der Waals surface area contributed by atoms with E-state index in [4.69, 9.17) is 0 Å². The van der Waals surface area contributed by atoms with E-state index < -0.39 is 0 Å². The van der Waals surface area contributed by atoms with Crippen molar-refractivity contribution >= 4 is 17.2 Å². The van der Waals surface area contributed by atoms with Crippen molar-refractivity contribution in [2.24, 2.45) is 5.92 Å². The van der Waals surface area contributed by atoms with Gasteiger partial charge in [0, 0.05) is 28.3 Å². The van der Waals surface area contributed by atoms with Gasteiger partial charge in [-0.3, -0.25) is 4.79 Å². The van der Waals surface area contributed by atoms with Gasteiger partial charge < -0.3 is 10.2 Å². The Morgan fingerprint density at radius 3 is 2.50 bits per heavy atom. The lowest BCUT2D eigenvalue weighted by Crippen LogP contribution is -2.41. The van der Waals surface area contributed by atoms with E-state index in [0.717, 1.165) is 13.1 Å². The number of amides is 1. The lowest BCUT2D eigenvalue weighted by Gasteiger charge is -2.29. The quantitative estimate of drug-likeness (QED) is 0.860. The minimum atomic E-state index is 0.0264. The predicted octanol–water partition coefficient (Wildman–Crippen LogP) is 2.65. The van der Waals surface area contributed by atoms with Crippen molar-refractivity contribution < 1.29 is 4.79 Å². The van der Waals surface area contributed by atoms with Gasteiger partial charge in [-0.15, -0.1) is 11.3 Å². The number of carbonyl (C=O) groups excluding carboxylic acids is 1. The van der Waals surface area contributed by atoms with Gasteiger partial charge in [-0.2, -0.15) is 0 Å². The number of nitrogens with zero attached hydrogens (tertiary/aromatic N) is 1. The maximum absolute atomic E-state index is 12.4. The van der Waals surface area contributed by atoms with Gasteiger partial charge in [-0.05, 0) is 40.0 Å². The smallest absolute Gasteiger partial charge is 0.227 e. The van der Waals surface area contributed by atoms with E-state index in [1.54, 1.807) is 11.3 Å². The summed E-state index contributed by atoms with van der Waals surface area (Å²) in [6.45, 7) is 9.68. The average molecular weight is 268 g/mol. The van der Waals surface area contributed by atoms with Crippen LogP contribution in [0.15, 0.2) is 12.1 Å². The lowest BCUT2D eigenvalue weighted by molar-refractivity contribution is -0.137. The number of hydrogen-bond donors (Lipinski definition) is 1. The standard InChI is InChI=1S/C14H24N2OS/c1-10(2)16(14(17)11(3)8-15-5)9-13-7-6-12(4)18-13/h6-7,10-11,15H,8-9H2,1-5H3. The van der Waals surface area contributed by atoms with Crippen LogP contribution in [0.3, 0.4) is 0 Å². The second-order valence-electron chi connectivity index (χ2n) is 5.03. The molecule has 1 heterocycles. The molecule has 1 N–H and O–H groups in total. The number of aryl methyl sites for hydroxylation is 1. The molecule has 0 radical (unpaired) electrons. The van der Waals surface area contributed by atoms with Gasteiger partial charge in [0.25, 0.3) is 0 Å². The lowest BCUT2D eigenvalue weighted by atomic mass is 10.1. The molecular formula is C14H24N2OS.